The molecular formula is C30H26FNSi. The lowest BCUT2D eigenvalue weighted by molar-refractivity contribution is 0.628. The van der Waals surface area contributed by atoms with Crippen molar-refractivity contribution >= 4 is 24.0 Å². The SMILES string of the molecule is C[Si](C)(C)c1ccc(-c2ccc(-c3ccc4cc(-c5ccc(F)cc5)ccc4c3)cn2)cc1. The minimum absolute atomic E-state index is 0.215. The molecule has 0 unspecified atom stereocenters. The van der Waals surface area contributed by atoms with Gasteiger partial charge in [0.15, 0.2) is 0 Å². The number of aromatic nitrogens is 1. The third kappa shape index (κ3) is 4.50. The summed E-state index contributed by atoms with van der Waals surface area (Å²) >= 11 is 0. The molecule has 0 aliphatic heterocycles. The first-order valence-electron chi connectivity index (χ1n) is 11.2. The highest BCUT2D eigenvalue weighted by Crippen LogP contribution is 2.29. The topological polar surface area (TPSA) is 12.9 Å². The van der Waals surface area contributed by atoms with Crippen LogP contribution in [0, 0.1) is 5.82 Å². The number of pyridine rings is 1. The van der Waals surface area contributed by atoms with Crippen molar-refractivity contribution in [1.29, 1.82) is 0 Å². The van der Waals surface area contributed by atoms with Gasteiger partial charge in [0.1, 0.15) is 5.82 Å². The van der Waals surface area contributed by atoms with Crippen LogP contribution >= 0.6 is 0 Å². The van der Waals surface area contributed by atoms with Crippen molar-refractivity contribution in [3.8, 4) is 33.5 Å². The Bertz CT molecular complexity index is 1410. The first-order chi connectivity index (χ1) is 15.9. The van der Waals surface area contributed by atoms with Crippen LogP contribution in [0.25, 0.3) is 44.3 Å². The number of benzene rings is 4. The van der Waals surface area contributed by atoms with Crippen molar-refractivity contribution in [2.45, 2.75) is 19.6 Å². The van der Waals surface area contributed by atoms with E-state index in [2.05, 4.69) is 92.4 Å². The van der Waals surface area contributed by atoms with Crippen molar-refractivity contribution in [2.24, 2.45) is 0 Å². The van der Waals surface area contributed by atoms with E-state index in [-0.39, 0.29) is 5.82 Å². The number of hydrogen-bond donors (Lipinski definition) is 0. The average Bonchev–Trinajstić information content (AvgIpc) is 2.83. The number of rotatable bonds is 4. The molecule has 1 heterocycles. The molecule has 0 aliphatic rings. The summed E-state index contributed by atoms with van der Waals surface area (Å²) < 4.78 is 13.2. The van der Waals surface area contributed by atoms with Gasteiger partial charge in [-0.1, -0.05) is 91.6 Å². The molecule has 1 nitrogen and oxygen atoms in total. The van der Waals surface area contributed by atoms with Crippen LogP contribution in [0.3, 0.4) is 0 Å². The number of hydrogen-bond acceptors (Lipinski definition) is 1. The van der Waals surface area contributed by atoms with Gasteiger partial charge in [0.05, 0.1) is 13.8 Å². The Morgan fingerprint density at radius 1 is 0.545 bits per heavy atom. The van der Waals surface area contributed by atoms with E-state index in [0.717, 1.165) is 38.9 Å². The molecule has 5 aromatic rings. The first kappa shape index (κ1) is 21.3. The molecule has 1 aromatic heterocycles. The number of fused-ring (bicyclic) bond motifs is 1. The van der Waals surface area contributed by atoms with Crippen LogP contribution in [0.1, 0.15) is 0 Å². The van der Waals surface area contributed by atoms with Crippen LogP contribution in [0.2, 0.25) is 19.6 Å². The van der Waals surface area contributed by atoms with Gasteiger partial charge in [-0.15, -0.1) is 0 Å². The van der Waals surface area contributed by atoms with Gasteiger partial charge in [-0.25, -0.2) is 4.39 Å². The Labute approximate surface area is 195 Å². The average molecular weight is 448 g/mol. The van der Waals surface area contributed by atoms with E-state index in [1.807, 2.05) is 18.3 Å². The van der Waals surface area contributed by atoms with E-state index in [1.54, 1.807) is 0 Å². The largest absolute Gasteiger partial charge is 0.256 e. The molecule has 3 heteroatoms. The second kappa shape index (κ2) is 8.42. The van der Waals surface area contributed by atoms with Crippen molar-refractivity contribution < 1.29 is 4.39 Å². The van der Waals surface area contributed by atoms with E-state index in [1.165, 1.54) is 22.7 Å². The fourth-order valence-corrected chi connectivity index (χ4v) is 5.29. The standard InChI is InChI=1S/C30H26FNSi/c1-33(2,3)29-15-10-22(11-16-29)30-17-12-27(20-32-30)26-7-6-24-18-23(4-5-25(24)19-26)21-8-13-28(31)14-9-21/h4-20H,1-3H3. The maximum absolute atomic E-state index is 13.2. The van der Waals surface area contributed by atoms with Gasteiger partial charge < -0.3 is 0 Å². The highest BCUT2D eigenvalue weighted by atomic mass is 28.3. The fourth-order valence-electron chi connectivity index (χ4n) is 4.12. The zero-order valence-electron chi connectivity index (χ0n) is 19.1. The van der Waals surface area contributed by atoms with Gasteiger partial charge in [0.25, 0.3) is 0 Å². The summed E-state index contributed by atoms with van der Waals surface area (Å²) in [6, 6.07) is 32.6. The summed E-state index contributed by atoms with van der Waals surface area (Å²) in [5.74, 6) is -0.215. The molecule has 0 spiro atoms. The maximum Gasteiger partial charge on any atom is 0.123 e. The van der Waals surface area contributed by atoms with Crippen LogP contribution in [0.5, 0.6) is 0 Å². The molecule has 0 aliphatic carbocycles. The molecule has 4 aromatic carbocycles. The van der Waals surface area contributed by atoms with Gasteiger partial charge in [-0.2, -0.15) is 0 Å². The first-order valence-corrected chi connectivity index (χ1v) is 14.7. The highest BCUT2D eigenvalue weighted by molar-refractivity contribution is 6.88. The fraction of sp³-hybridized carbons (Fsp3) is 0.100. The lowest BCUT2D eigenvalue weighted by Crippen LogP contribution is -2.37. The molecule has 0 radical (unpaired) electrons. The van der Waals surface area contributed by atoms with Gasteiger partial charge in [-0.05, 0) is 57.8 Å². The van der Waals surface area contributed by atoms with Gasteiger partial charge in [-0.3, -0.25) is 4.98 Å². The van der Waals surface area contributed by atoms with Gasteiger partial charge >= 0.3 is 0 Å². The van der Waals surface area contributed by atoms with Gasteiger partial charge in [0, 0.05) is 17.3 Å². The normalized spacial score (nSPS) is 11.6. The summed E-state index contributed by atoms with van der Waals surface area (Å²) in [5.41, 5.74) is 6.48. The van der Waals surface area contributed by atoms with Crippen LogP contribution in [0.15, 0.2) is 103 Å². The van der Waals surface area contributed by atoms with Crippen molar-refractivity contribution in [1.82, 2.24) is 4.98 Å². The Kier molecular flexibility index (Phi) is 5.43. The third-order valence-electron chi connectivity index (χ3n) is 6.16. The summed E-state index contributed by atoms with van der Waals surface area (Å²) in [6.07, 6.45) is 1.95. The minimum atomic E-state index is -1.29. The van der Waals surface area contributed by atoms with E-state index in [0.29, 0.717) is 0 Å². The molecule has 0 saturated carbocycles. The number of nitrogens with zero attached hydrogens (tertiary/aromatic N) is 1. The molecule has 5 rings (SSSR count). The predicted molar refractivity (Wildman–Crippen MR) is 141 cm³/mol. The Hall–Kier alpha value is -3.56. The van der Waals surface area contributed by atoms with Crippen molar-refractivity contribution in [3.05, 3.63) is 109 Å². The van der Waals surface area contributed by atoms with E-state index in [4.69, 9.17) is 4.98 Å². The predicted octanol–water partition coefficient (Wildman–Crippen LogP) is 7.92. The maximum atomic E-state index is 13.2. The van der Waals surface area contributed by atoms with Crippen LogP contribution < -0.4 is 5.19 Å². The molecule has 0 saturated heterocycles. The Morgan fingerprint density at radius 2 is 1.06 bits per heavy atom. The van der Waals surface area contributed by atoms with E-state index >= 15 is 0 Å². The Morgan fingerprint density at radius 3 is 1.61 bits per heavy atom. The molecular weight excluding hydrogens is 421 g/mol. The molecule has 162 valence electrons. The summed E-state index contributed by atoms with van der Waals surface area (Å²) in [4.78, 5) is 4.74. The summed E-state index contributed by atoms with van der Waals surface area (Å²) in [6.45, 7) is 7.09. The smallest absolute Gasteiger partial charge is 0.123 e. The molecule has 33 heavy (non-hydrogen) atoms. The molecule has 0 fully saturated rings. The van der Waals surface area contributed by atoms with Crippen molar-refractivity contribution in [2.75, 3.05) is 0 Å². The van der Waals surface area contributed by atoms with Gasteiger partial charge in [0.2, 0.25) is 0 Å². The zero-order chi connectivity index (χ0) is 23.0. The van der Waals surface area contributed by atoms with Crippen LogP contribution in [-0.4, -0.2) is 13.1 Å². The lowest BCUT2D eigenvalue weighted by Gasteiger charge is -2.16. The molecule has 0 bridgehead atoms. The Balaban J connectivity index is 1.40. The zero-order valence-corrected chi connectivity index (χ0v) is 20.1. The van der Waals surface area contributed by atoms with E-state index < -0.39 is 8.07 Å². The lowest BCUT2D eigenvalue weighted by atomic mass is 9.98. The molecule has 0 amide bonds. The quantitative estimate of drug-likeness (QED) is 0.255. The monoisotopic (exact) mass is 447 g/mol. The van der Waals surface area contributed by atoms with Crippen LogP contribution in [0.4, 0.5) is 4.39 Å². The summed E-state index contributed by atoms with van der Waals surface area (Å²) in [5, 5.41) is 3.79. The second-order valence-corrected chi connectivity index (χ2v) is 14.6. The molecule has 0 atom stereocenters. The second-order valence-electron chi connectivity index (χ2n) is 9.54. The number of halogens is 1. The minimum Gasteiger partial charge on any atom is -0.256 e. The van der Waals surface area contributed by atoms with E-state index in [9.17, 15) is 4.39 Å². The van der Waals surface area contributed by atoms with Crippen molar-refractivity contribution in [3.63, 3.8) is 0 Å². The summed E-state index contributed by atoms with van der Waals surface area (Å²) in [7, 11) is -1.29. The van der Waals surface area contributed by atoms with Crippen LogP contribution in [-0.2, 0) is 0 Å². The third-order valence-corrected chi connectivity index (χ3v) is 8.23. The highest BCUT2D eigenvalue weighted by Gasteiger charge is 2.16. The molecule has 0 N–H and O–H groups in total.